The maximum absolute atomic E-state index is 2.26. The van der Waals surface area contributed by atoms with E-state index in [1.165, 1.54) is 31.3 Å². The molecular weight excluding hydrogens is 304 g/mol. The Morgan fingerprint density at radius 1 is 0.500 bits per heavy atom. The van der Waals surface area contributed by atoms with E-state index in [0.717, 1.165) is 0 Å². The summed E-state index contributed by atoms with van der Waals surface area (Å²) in [6, 6.07) is 30.2. The average Bonchev–Trinajstić information content (AvgIpc) is 2.60. The zero-order valence-electron chi connectivity index (χ0n) is 11.9. The molecule has 4 rings (SSSR count). The monoisotopic (exact) mass is 318 g/mol. The van der Waals surface area contributed by atoms with Gasteiger partial charge in [0.2, 0.25) is 0 Å². The quantitative estimate of drug-likeness (QED) is 0.381. The molecule has 0 aliphatic carbocycles. The molecule has 0 spiro atoms. The summed E-state index contributed by atoms with van der Waals surface area (Å²) in [4.78, 5) is 2.60. The second kappa shape index (κ2) is 6.07. The fourth-order valence-electron chi connectivity index (χ4n) is 2.58. The second-order valence-electron chi connectivity index (χ2n) is 5.15. The van der Waals surface area contributed by atoms with Crippen LogP contribution < -0.4 is 0 Å². The zero-order chi connectivity index (χ0) is 14.8. The van der Waals surface area contributed by atoms with Gasteiger partial charge >= 0.3 is 0 Å². The Morgan fingerprint density at radius 3 is 2.14 bits per heavy atom. The van der Waals surface area contributed by atoms with Crippen LogP contribution in [-0.4, -0.2) is 0 Å². The van der Waals surface area contributed by atoms with Crippen molar-refractivity contribution in [2.75, 3.05) is 0 Å². The Kier molecular flexibility index (Phi) is 3.79. The highest BCUT2D eigenvalue weighted by Crippen LogP contribution is 2.41. The molecule has 2 heteroatoms. The molecule has 0 aromatic heterocycles. The molecule has 0 aliphatic rings. The van der Waals surface area contributed by atoms with Gasteiger partial charge in [0.1, 0.15) is 0 Å². The zero-order valence-corrected chi connectivity index (χ0v) is 13.5. The SMILES string of the molecule is c1ccc2cc(SSc3cccc4ccccc34)ccc2c1. The lowest BCUT2D eigenvalue weighted by molar-refractivity contribution is 1.52. The van der Waals surface area contributed by atoms with Crippen molar-refractivity contribution in [2.45, 2.75) is 9.79 Å². The number of benzene rings is 4. The molecule has 0 unspecified atom stereocenters. The summed E-state index contributed by atoms with van der Waals surface area (Å²) in [6.07, 6.45) is 0. The van der Waals surface area contributed by atoms with E-state index in [0.29, 0.717) is 0 Å². The van der Waals surface area contributed by atoms with E-state index in [9.17, 15) is 0 Å². The highest BCUT2D eigenvalue weighted by atomic mass is 33.1. The van der Waals surface area contributed by atoms with Gasteiger partial charge in [0, 0.05) is 9.79 Å². The van der Waals surface area contributed by atoms with Crippen molar-refractivity contribution in [1.82, 2.24) is 0 Å². The minimum atomic E-state index is 1.29. The third kappa shape index (κ3) is 2.72. The van der Waals surface area contributed by atoms with Crippen molar-refractivity contribution in [3.8, 4) is 0 Å². The van der Waals surface area contributed by atoms with Gasteiger partial charge in [-0.3, -0.25) is 0 Å². The summed E-state index contributed by atoms with van der Waals surface area (Å²) in [6.45, 7) is 0. The summed E-state index contributed by atoms with van der Waals surface area (Å²) < 4.78 is 0. The number of hydrogen-bond acceptors (Lipinski definition) is 2. The largest absolute Gasteiger partial charge is 0.0616 e. The van der Waals surface area contributed by atoms with Crippen LogP contribution in [0.2, 0.25) is 0 Å². The molecule has 106 valence electrons. The fourth-order valence-corrected chi connectivity index (χ4v) is 4.78. The Labute approximate surface area is 137 Å². The van der Waals surface area contributed by atoms with Crippen LogP contribution >= 0.6 is 21.6 Å². The molecule has 4 aromatic rings. The molecule has 4 aromatic carbocycles. The first-order valence-corrected chi connectivity index (χ1v) is 9.36. The lowest BCUT2D eigenvalue weighted by atomic mass is 10.1. The summed E-state index contributed by atoms with van der Waals surface area (Å²) >= 11 is 0. The van der Waals surface area contributed by atoms with Crippen LogP contribution in [0.1, 0.15) is 0 Å². The van der Waals surface area contributed by atoms with Crippen LogP contribution in [0.15, 0.2) is 94.7 Å². The van der Waals surface area contributed by atoms with Gasteiger partial charge in [0.15, 0.2) is 0 Å². The van der Waals surface area contributed by atoms with E-state index in [1.807, 2.05) is 21.6 Å². The maximum Gasteiger partial charge on any atom is 0.0264 e. The smallest absolute Gasteiger partial charge is 0.0264 e. The Balaban J connectivity index is 1.63. The van der Waals surface area contributed by atoms with Gasteiger partial charge in [-0.1, -0.05) is 88.3 Å². The molecule has 0 saturated heterocycles. The van der Waals surface area contributed by atoms with Gasteiger partial charge in [0.25, 0.3) is 0 Å². The first-order valence-electron chi connectivity index (χ1n) is 7.21. The minimum absolute atomic E-state index is 1.29. The van der Waals surface area contributed by atoms with E-state index in [1.54, 1.807) is 0 Å². The molecule has 0 bridgehead atoms. The van der Waals surface area contributed by atoms with Crippen molar-refractivity contribution in [3.05, 3.63) is 84.9 Å². The molecule has 0 atom stereocenters. The van der Waals surface area contributed by atoms with Gasteiger partial charge in [-0.05, 0) is 39.7 Å². The minimum Gasteiger partial charge on any atom is -0.0616 e. The molecule has 0 aliphatic heterocycles. The van der Waals surface area contributed by atoms with Gasteiger partial charge < -0.3 is 0 Å². The first kappa shape index (κ1) is 13.7. The highest BCUT2D eigenvalue weighted by molar-refractivity contribution is 8.76. The summed E-state index contributed by atoms with van der Waals surface area (Å²) in [5, 5.41) is 5.21. The molecule has 0 radical (unpaired) electrons. The summed E-state index contributed by atoms with van der Waals surface area (Å²) in [5.41, 5.74) is 0. The number of hydrogen-bond donors (Lipinski definition) is 0. The molecule has 0 amide bonds. The maximum atomic E-state index is 2.26. The average molecular weight is 318 g/mol. The van der Waals surface area contributed by atoms with Crippen LogP contribution in [0.4, 0.5) is 0 Å². The molecule has 0 nitrogen and oxygen atoms in total. The van der Waals surface area contributed by atoms with E-state index in [-0.39, 0.29) is 0 Å². The first-order chi connectivity index (χ1) is 10.9. The molecule has 22 heavy (non-hydrogen) atoms. The fraction of sp³-hybridized carbons (Fsp3) is 0. The van der Waals surface area contributed by atoms with Crippen molar-refractivity contribution in [3.63, 3.8) is 0 Å². The van der Waals surface area contributed by atoms with Gasteiger partial charge in [-0.2, -0.15) is 0 Å². The van der Waals surface area contributed by atoms with Crippen molar-refractivity contribution >= 4 is 43.1 Å². The van der Waals surface area contributed by atoms with Gasteiger partial charge in [-0.25, -0.2) is 0 Å². The van der Waals surface area contributed by atoms with Crippen LogP contribution in [0.3, 0.4) is 0 Å². The van der Waals surface area contributed by atoms with E-state index in [2.05, 4.69) is 84.9 Å². The topological polar surface area (TPSA) is 0 Å². The molecule has 0 fully saturated rings. The predicted octanol–water partition coefficient (Wildman–Crippen LogP) is 6.79. The van der Waals surface area contributed by atoms with Crippen molar-refractivity contribution in [2.24, 2.45) is 0 Å². The predicted molar refractivity (Wildman–Crippen MR) is 99.6 cm³/mol. The third-order valence-corrected chi connectivity index (χ3v) is 6.13. The summed E-state index contributed by atoms with van der Waals surface area (Å²) in [5.74, 6) is 0. The standard InChI is InChI=1S/C20H14S2/c1-2-8-17-14-18(13-12-15(17)6-1)21-22-20-11-5-9-16-7-3-4-10-19(16)20/h1-14H. The number of rotatable bonds is 3. The van der Waals surface area contributed by atoms with Crippen LogP contribution in [-0.2, 0) is 0 Å². The van der Waals surface area contributed by atoms with Gasteiger partial charge in [-0.15, -0.1) is 0 Å². The lowest BCUT2D eigenvalue weighted by Gasteiger charge is -2.06. The van der Waals surface area contributed by atoms with Crippen molar-refractivity contribution in [1.29, 1.82) is 0 Å². The van der Waals surface area contributed by atoms with E-state index < -0.39 is 0 Å². The van der Waals surface area contributed by atoms with Crippen LogP contribution in [0, 0.1) is 0 Å². The van der Waals surface area contributed by atoms with Crippen LogP contribution in [0.25, 0.3) is 21.5 Å². The van der Waals surface area contributed by atoms with E-state index in [4.69, 9.17) is 0 Å². The summed E-state index contributed by atoms with van der Waals surface area (Å²) in [7, 11) is 3.65. The molecule has 0 N–H and O–H groups in total. The van der Waals surface area contributed by atoms with Crippen LogP contribution in [0.5, 0.6) is 0 Å². The Bertz CT molecular complexity index is 939. The molecule has 0 saturated carbocycles. The molecule has 0 heterocycles. The molecular formula is C20H14S2. The Hall–Kier alpha value is -1.90. The second-order valence-corrected chi connectivity index (χ2v) is 7.40. The van der Waals surface area contributed by atoms with Gasteiger partial charge in [0.05, 0.1) is 0 Å². The third-order valence-electron chi connectivity index (χ3n) is 3.70. The normalized spacial score (nSPS) is 11.1. The Morgan fingerprint density at radius 2 is 1.23 bits per heavy atom. The van der Waals surface area contributed by atoms with Crippen molar-refractivity contribution < 1.29 is 0 Å². The number of fused-ring (bicyclic) bond motifs is 2. The highest BCUT2D eigenvalue weighted by Gasteiger charge is 2.03. The van der Waals surface area contributed by atoms with E-state index >= 15 is 0 Å². The lowest BCUT2D eigenvalue weighted by Crippen LogP contribution is -1.76.